The van der Waals surface area contributed by atoms with Crippen LogP contribution < -0.4 is 25.0 Å². The Bertz CT molecular complexity index is 976. The molecule has 0 aromatic heterocycles. The predicted molar refractivity (Wildman–Crippen MR) is 138 cm³/mol. The third-order valence-corrected chi connectivity index (χ3v) is 6.09. The van der Waals surface area contributed by atoms with E-state index in [1.807, 2.05) is 45.9 Å². The smallest absolute Gasteiger partial charge is 0.251 e. The third kappa shape index (κ3) is 6.88. The van der Waals surface area contributed by atoms with Crippen molar-refractivity contribution in [3.63, 3.8) is 0 Å². The number of hydrogen-bond acceptors (Lipinski definition) is 6. The van der Waals surface area contributed by atoms with E-state index in [0.29, 0.717) is 49.2 Å². The molecule has 2 amide bonds. The van der Waals surface area contributed by atoms with Gasteiger partial charge < -0.3 is 29.7 Å². The van der Waals surface area contributed by atoms with E-state index in [9.17, 15) is 9.59 Å². The minimum Gasteiger partial charge on any atom is -0.492 e. The Hall–Kier alpha value is -3.26. The predicted octanol–water partition coefficient (Wildman–Crippen LogP) is 4.10. The molecule has 0 saturated carbocycles. The maximum absolute atomic E-state index is 13.4. The largest absolute Gasteiger partial charge is 0.492 e. The fourth-order valence-electron chi connectivity index (χ4n) is 3.97. The van der Waals surface area contributed by atoms with Crippen molar-refractivity contribution < 1.29 is 23.8 Å². The van der Waals surface area contributed by atoms with Crippen LogP contribution in [-0.2, 0) is 9.53 Å². The number of amides is 2. The number of benzene rings is 2. The standard InChI is InChI=1S/C27H37N3O5/c1-5-19(4)25(29-26(31)20-11-9-8-10-12-20)27(32)28-21-17-24(35-7-3)22(18-23(21)34-6-2)30-13-15-33-16-14-30/h8-12,17-19,25H,5-7,13-16H2,1-4H3,(H,28,32)(H,29,31). The van der Waals surface area contributed by atoms with Crippen LogP contribution in [0.15, 0.2) is 42.5 Å². The van der Waals surface area contributed by atoms with Gasteiger partial charge in [-0.1, -0.05) is 38.5 Å². The van der Waals surface area contributed by atoms with E-state index in [2.05, 4.69) is 15.5 Å². The van der Waals surface area contributed by atoms with Crippen LogP contribution in [0.25, 0.3) is 0 Å². The Morgan fingerprint density at radius 2 is 1.66 bits per heavy atom. The molecule has 8 heteroatoms. The van der Waals surface area contributed by atoms with Crippen LogP contribution in [0.1, 0.15) is 44.5 Å². The average molecular weight is 484 g/mol. The molecule has 0 aliphatic carbocycles. The fourth-order valence-corrected chi connectivity index (χ4v) is 3.97. The molecule has 1 aliphatic rings. The number of morpholine rings is 1. The number of carbonyl (C=O) groups is 2. The van der Waals surface area contributed by atoms with Gasteiger partial charge in [-0.05, 0) is 31.9 Å². The molecular formula is C27H37N3O5. The van der Waals surface area contributed by atoms with Gasteiger partial charge in [-0.2, -0.15) is 0 Å². The van der Waals surface area contributed by atoms with Crippen molar-refractivity contribution in [2.45, 2.75) is 40.2 Å². The van der Waals surface area contributed by atoms with E-state index in [4.69, 9.17) is 14.2 Å². The van der Waals surface area contributed by atoms with E-state index < -0.39 is 6.04 Å². The summed E-state index contributed by atoms with van der Waals surface area (Å²) in [5.41, 5.74) is 1.93. The molecule has 1 fully saturated rings. The highest BCUT2D eigenvalue weighted by Gasteiger charge is 2.28. The Kier molecular flexibility index (Phi) is 9.78. The van der Waals surface area contributed by atoms with Crippen molar-refractivity contribution in [2.24, 2.45) is 5.92 Å². The first-order chi connectivity index (χ1) is 17.0. The molecule has 2 aromatic rings. The second-order valence-corrected chi connectivity index (χ2v) is 8.47. The molecule has 1 saturated heterocycles. The Balaban J connectivity index is 1.88. The number of nitrogens with zero attached hydrogens (tertiary/aromatic N) is 1. The van der Waals surface area contributed by atoms with E-state index in [1.54, 1.807) is 24.3 Å². The van der Waals surface area contributed by atoms with Gasteiger partial charge in [-0.3, -0.25) is 9.59 Å². The van der Waals surface area contributed by atoms with Gasteiger partial charge in [-0.25, -0.2) is 0 Å². The molecule has 1 heterocycles. The molecule has 1 aliphatic heterocycles. The van der Waals surface area contributed by atoms with Crippen molar-refractivity contribution >= 4 is 23.2 Å². The normalized spacial score (nSPS) is 15.1. The number of anilines is 2. The van der Waals surface area contributed by atoms with Crippen molar-refractivity contribution in [3.8, 4) is 11.5 Å². The van der Waals surface area contributed by atoms with Crippen molar-refractivity contribution in [1.29, 1.82) is 0 Å². The number of hydrogen-bond donors (Lipinski definition) is 2. The van der Waals surface area contributed by atoms with Crippen LogP contribution in [0.2, 0.25) is 0 Å². The topological polar surface area (TPSA) is 89.1 Å². The summed E-state index contributed by atoms with van der Waals surface area (Å²) in [4.78, 5) is 28.5. The Labute approximate surface area is 207 Å². The summed E-state index contributed by atoms with van der Waals surface area (Å²) in [5, 5.41) is 5.91. The van der Waals surface area contributed by atoms with Crippen LogP contribution in [0.5, 0.6) is 11.5 Å². The lowest BCUT2D eigenvalue weighted by Gasteiger charge is -2.31. The van der Waals surface area contributed by atoms with Crippen molar-refractivity contribution in [3.05, 3.63) is 48.0 Å². The van der Waals surface area contributed by atoms with Gasteiger partial charge in [0.1, 0.15) is 17.5 Å². The lowest BCUT2D eigenvalue weighted by Crippen LogP contribution is -2.47. The second-order valence-electron chi connectivity index (χ2n) is 8.47. The minimum absolute atomic E-state index is 0.0720. The zero-order chi connectivity index (χ0) is 25.2. The third-order valence-electron chi connectivity index (χ3n) is 6.09. The minimum atomic E-state index is -0.711. The first-order valence-electron chi connectivity index (χ1n) is 12.4. The summed E-state index contributed by atoms with van der Waals surface area (Å²) < 4.78 is 17.3. The van der Waals surface area contributed by atoms with Gasteiger partial charge in [0.2, 0.25) is 5.91 Å². The van der Waals surface area contributed by atoms with Gasteiger partial charge in [0.15, 0.2) is 0 Å². The highest BCUT2D eigenvalue weighted by Crippen LogP contribution is 2.39. The summed E-state index contributed by atoms with van der Waals surface area (Å²) in [5.74, 6) is 0.571. The first-order valence-corrected chi connectivity index (χ1v) is 12.4. The summed E-state index contributed by atoms with van der Waals surface area (Å²) >= 11 is 0. The zero-order valence-corrected chi connectivity index (χ0v) is 21.1. The second kappa shape index (κ2) is 13.0. The van der Waals surface area contributed by atoms with Crippen LogP contribution in [0.3, 0.4) is 0 Å². The summed E-state index contributed by atoms with van der Waals surface area (Å²) in [6, 6.07) is 11.9. The van der Waals surface area contributed by atoms with Gasteiger partial charge in [-0.15, -0.1) is 0 Å². The molecule has 2 N–H and O–H groups in total. The van der Waals surface area contributed by atoms with Crippen LogP contribution in [-0.4, -0.2) is 57.4 Å². The number of carbonyl (C=O) groups excluding carboxylic acids is 2. The molecule has 3 rings (SSSR count). The molecule has 2 aromatic carbocycles. The highest BCUT2D eigenvalue weighted by molar-refractivity contribution is 6.02. The molecule has 0 spiro atoms. The molecule has 8 nitrogen and oxygen atoms in total. The van der Waals surface area contributed by atoms with E-state index in [0.717, 1.165) is 25.2 Å². The maximum atomic E-state index is 13.4. The number of nitrogens with one attached hydrogen (secondary N) is 2. The van der Waals surface area contributed by atoms with Gasteiger partial charge >= 0.3 is 0 Å². The first kappa shape index (κ1) is 26.3. The Morgan fingerprint density at radius 3 is 2.29 bits per heavy atom. The molecule has 2 atom stereocenters. The van der Waals surface area contributed by atoms with Gasteiger partial charge in [0, 0.05) is 30.8 Å². The van der Waals surface area contributed by atoms with E-state index >= 15 is 0 Å². The van der Waals surface area contributed by atoms with Crippen molar-refractivity contribution in [1.82, 2.24) is 5.32 Å². The van der Waals surface area contributed by atoms with Crippen LogP contribution in [0.4, 0.5) is 11.4 Å². The molecule has 190 valence electrons. The molecular weight excluding hydrogens is 446 g/mol. The maximum Gasteiger partial charge on any atom is 0.251 e. The van der Waals surface area contributed by atoms with Crippen molar-refractivity contribution in [2.75, 3.05) is 49.7 Å². The zero-order valence-electron chi connectivity index (χ0n) is 21.1. The average Bonchev–Trinajstić information content (AvgIpc) is 2.89. The Morgan fingerprint density at radius 1 is 1.00 bits per heavy atom. The fraction of sp³-hybridized carbons (Fsp3) is 0.481. The van der Waals surface area contributed by atoms with Gasteiger partial charge in [0.25, 0.3) is 5.91 Å². The molecule has 35 heavy (non-hydrogen) atoms. The SMILES string of the molecule is CCOc1cc(N2CCOCC2)c(OCC)cc1NC(=O)C(NC(=O)c1ccccc1)C(C)CC. The van der Waals surface area contributed by atoms with Gasteiger partial charge in [0.05, 0.1) is 37.8 Å². The quantitative estimate of drug-likeness (QED) is 0.500. The van der Waals surface area contributed by atoms with Crippen LogP contribution >= 0.6 is 0 Å². The molecule has 0 bridgehead atoms. The lowest BCUT2D eigenvalue weighted by atomic mass is 9.97. The van der Waals surface area contributed by atoms with Crippen LogP contribution in [0, 0.1) is 5.92 Å². The molecule has 0 radical (unpaired) electrons. The number of rotatable bonds is 11. The summed E-state index contributed by atoms with van der Waals surface area (Å²) in [6.45, 7) is 11.5. The highest BCUT2D eigenvalue weighted by atomic mass is 16.5. The molecule has 2 unspecified atom stereocenters. The monoisotopic (exact) mass is 483 g/mol. The summed E-state index contributed by atoms with van der Waals surface area (Å²) in [7, 11) is 0. The summed E-state index contributed by atoms with van der Waals surface area (Å²) in [6.07, 6.45) is 0.728. The van der Waals surface area contributed by atoms with E-state index in [1.165, 1.54) is 0 Å². The number of ether oxygens (including phenoxy) is 3. The van der Waals surface area contributed by atoms with E-state index in [-0.39, 0.29) is 17.7 Å². The lowest BCUT2D eigenvalue weighted by molar-refractivity contribution is -0.119.